The first kappa shape index (κ1) is 60.2. The summed E-state index contributed by atoms with van der Waals surface area (Å²) >= 11 is 0. The van der Waals surface area contributed by atoms with Gasteiger partial charge in [0.25, 0.3) is 0 Å². The van der Waals surface area contributed by atoms with Gasteiger partial charge in [0.15, 0.2) is 37.7 Å². The van der Waals surface area contributed by atoms with E-state index in [0.717, 1.165) is 0 Å². The van der Waals surface area contributed by atoms with E-state index in [1.807, 2.05) is 0 Å². The van der Waals surface area contributed by atoms with Gasteiger partial charge in [0.05, 0.1) is 39.6 Å². The van der Waals surface area contributed by atoms with E-state index < -0.39 is 224 Å². The fourth-order valence-electron chi connectivity index (χ4n) is 7.71. The first-order valence-corrected chi connectivity index (χ1v) is 21.2. The number of rotatable bonds is 12. The molecule has 0 spiro atoms. The molecule has 0 aromatic rings. The van der Waals surface area contributed by atoms with E-state index in [0.29, 0.717) is 0 Å². The van der Waals surface area contributed by atoms with E-state index in [9.17, 15) is 107 Å². The molecule has 33 nitrogen and oxygen atoms in total. The third-order valence-electron chi connectivity index (χ3n) is 11.9. The molecular weight excluding hydrogens is 960 g/mol. The van der Waals surface area contributed by atoms with Crippen LogP contribution >= 0.6 is 0 Å². The van der Waals surface area contributed by atoms with E-state index in [-0.39, 0.29) is 0 Å². The highest BCUT2D eigenvalue weighted by Crippen LogP contribution is 2.32. The van der Waals surface area contributed by atoms with Crippen LogP contribution < -0.4 is 0 Å². The molecule has 6 aliphatic heterocycles. The number of hydrogen-bond acceptors (Lipinski definition) is 33. The van der Waals surface area contributed by atoms with Gasteiger partial charge in [0.2, 0.25) is 0 Å². The zero-order valence-corrected chi connectivity index (χ0v) is 36.0. The smallest absolute Gasteiger partial charge is 0.187 e. The lowest BCUT2D eigenvalue weighted by Gasteiger charge is -2.45. The number of ether oxygens (including phenoxy) is 9. The topological polar surface area (TPSA) is 569 Å². The van der Waals surface area contributed by atoms with Crippen LogP contribution in [0.2, 0.25) is 0 Å². The molecule has 0 aromatic carbocycles. The van der Waals surface area contributed by atoms with E-state index in [4.69, 9.17) is 58.0 Å². The Morgan fingerprint density at radius 3 is 0.609 bits per heavy atom. The van der Waals surface area contributed by atoms with Crippen molar-refractivity contribution in [2.75, 3.05) is 39.6 Å². The molecule has 0 radical (unpaired) electrons. The molecule has 6 fully saturated rings. The summed E-state index contributed by atoms with van der Waals surface area (Å²) in [6, 6.07) is 0. The number of aliphatic hydroxyl groups is 24. The third kappa shape index (κ3) is 13.7. The van der Waals surface area contributed by atoms with E-state index in [1.165, 1.54) is 0 Å². The quantitative estimate of drug-likeness (QED) is 0.0863. The maximum absolute atomic E-state index is 9.94. The molecule has 30 atom stereocenters. The van der Waals surface area contributed by atoms with Crippen LogP contribution in [0.15, 0.2) is 0 Å². The highest BCUT2D eigenvalue weighted by Gasteiger charge is 2.53. The predicted molar refractivity (Wildman–Crippen MR) is 206 cm³/mol. The van der Waals surface area contributed by atoms with Crippen molar-refractivity contribution in [3.8, 4) is 0 Å². The normalized spacial score (nSPS) is 51.7. The minimum atomic E-state index is -1.74. The standard InChI is InChI=1S/3C12H22O11/c3*13-1-3-5(15)6(16)9(19)12(22-3)23-10-4(2-14)21-11(20)8(18)7(10)17/h3*3-20H,1-2H2/t3*3-,4-,5+,6+,7-,8-,9-,10-,11-,12+/m111/s1. The van der Waals surface area contributed by atoms with Crippen LogP contribution in [0.4, 0.5) is 0 Å². The monoisotopic (exact) mass is 1030 g/mol. The maximum atomic E-state index is 9.94. The molecule has 6 saturated heterocycles. The molecule has 6 aliphatic rings. The Kier molecular flexibility index (Phi) is 23.4. The van der Waals surface area contributed by atoms with Gasteiger partial charge in [-0.2, -0.15) is 0 Å². The summed E-state index contributed by atoms with van der Waals surface area (Å²) in [4.78, 5) is 0. The molecule has 69 heavy (non-hydrogen) atoms. The second-order valence-corrected chi connectivity index (χ2v) is 16.6. The van der Waals surface area contributed by atoms with Crippen molar-refractivity contribution >= 4 is 0 Å². The molecular formula is C36H66O33. The SMILES string of the molecule is OC[C@H]1O[C@@H](O[C@H]2[C@H](O)[C@@H](O)[C@H](O)O[C@@H]2CO)[C@H](O)[C@@H](O)[C@H]1O.OC[C@H]1O[C@@H](O[C@H]2[C@H](O)[C@@H](O)[C@H](O)O[C@@H]2CO)[C@H](O)[C@@H](O)[C@H]1O.OC[C@H]1O[C@@H](O[C@H]2[C@H](O)[C@@H](O)[C@H](O)O[C@@H]2CO)[C@H](O)[C@@H](O)[C@H]1O. The molecule has 408 valence electrons. The molecule has 0 unspecified atom stereocenters. The zero-order chi connectivity index (χ0) is 51.9. The van der Waals surface area contributed by atoms with E-state index in [1.54, 1.807) is 0 Å². The van der Waals surface area contributed by atoms with Gasteiger partial charge in [0.1, 0.15) is 146 Å². The lowest BCUT2D eigenvalue weighted by Crippen LogP contribution is -2.64. The lowest BCUT2D eigenvalue weighted by molar-refractivity contribution is -0.355. The summed E-state index contributed by atoms with van der Waals surface area (Å²) in [5, 5.41) is 229. The Morgan fingerprint density at radius 1 is 0.217 bits per heavy atom. The Hall–Kier alpha value is -1.32. The molecule has 0 saturated carbocycles. The van der Waals surface area contributed by atoms with Gasteiger partial charge in [-0.25, -0.2) is 0 Å². The second kappa shape index (κ2) is 26.8. The second-order valence-electron chi connectivity index (χ2n) is 16.6. The van der Waals surface area contributed by atoms with Crippen molar-refractivity contribution in [2.45, 2.75) is 184 Å². The van der Waals surface area contributed by atoms with Crippen LogP contribution in [0.25, 0.3) is 0 Å². The molecule has 6 rings (SSSR count). The molecule has 33 heteroatoms. The third-order valence-corrected chi connectivity index (χ3v) is 11.9. The van der Waals surface area contributed by atoms with Crippen molar-refractivity contribution in [1.29, 1.82) is 0 Å². The number of aliphatic hydroxyl groups excluding tert-OH is 24. The average Bonchev–Trinajstić information content (AvgIpc) is 3.34. The first-order chi connectivity index (χ1) is 32.4. The molecule has 0 aliphatic carbocycles. The van der Waals surface area contributed by atoms with Crippen molar-refractivity contribution in [1.82, 2.24) is 0 Å². The van der Waals surface area contributed by atoms with Crippen molar-refractivity contribution in [3.05, 3.63) is 0 Å². The molecule has 0 amide bonds. The lowest BCUT2D eigenvalue weighted by atomic mass is 9.97. The largest absolute Gasteiger partial charge is 0.394 e. The summed E-state index contributed by atoms with van der Waals surface area (Å²) < 4.78 is 45.8. The maximum Gasteiger partial charge on any atom is 0.187 e. The summed E-state index contributed by atoms with van der Waals surface area (Å²) in [5.41, 5.74) is 0. The molecule has 0 bridgehead atoms. The number of hydrogen-bond donors (Lipinski definition) is 24. The first-order valence-electron chi connectivity index (χ1n) is 21.2. The van der Waals surface area contributed by atoms with Gasteiger partial charge in [-0.3, -0.25) is 0 Å². The van der Waals surface area contributed by atoms with Gasteiger partial charge in [0, 0.05) is 0 Å². The average molecular weight is 1030 g/mol. The summed E-state index contributed by atoms with van der Waals surface area (Å²) in [6.45, 7) is -4.04. The zero-order valence-electron chi connectivity index (χ0n) is 36.0. The van der Waals surface area contributed by atoms with Crippen LogP contribution in [0.1, 0.15) is 0 Å². The van der Waals surface area contributed by atoms with E-state index in [2.05, 4.69) is 0 Å². The van der Waals surface area contributed by atoms with Gasteiger partial charge < -0.3 is 165 Å². The van der Waals surface area contributed by atoms with Crippen molar-refractivity contribution in [2.24, 2.45) is 0 Å². The highest BCUT2D eigenvalue weighted by atomic mass is 16.8. The Bertz CT molecular complexity index is 1300. The van der Waals surface area contributed by atoms with Gasteiger partial charge in [-0.05, 0) is 0 Å². The Labute approximate surface area is 389 Å². The van der Waals surface area contributed by atoms with Crippen molar-refractivity contribution < 1.29 is 165 Å². The fourth-order valence-corrected chi connectivity index (χ4v) is 7.71. The summed E-state index contributed by atoms with van der Waals surface area (Å²) in [7, 11) is 0. The highest BCUT2D eigenvalue weighted by molar-refractivity contribution is 4.97. The summed E-state index contributed by atoms with van der Waals surface area (Å²) in [6.07, 6.45) is -46.7. The fraction of sp³-hybridized carbons (Fsp3) is 1.00. The van der Waals surface area contributed by atoms with Crippen LogP contribution in [-0.4, -0.2) is 346 Å². The minimum Gasteiger partial charge on any atom is -0.394 e. The van der Waals surface area contributed by atoms with Gasteiger partial charge in [-0.15, -0.1) is 0 Å². The van der Waals surface area contributed by atoms with E-state index >= 15 is 0 Å². The van der Waals surface area contributed by atoms with Crippen LogP contribution in [-0.2, 0) is 42.6 Å². The van der Waals surface area contributed by atoms with Crippen molar-refractivity contribution in [3.63, 3.8) is 0 Å². The predicted octanol–water partition coefficient (Wildman–Crippen LogP) is -16.2. The Morgan fingerprint density at radius 2 is 0.420 bits per heavy atom. The van der Waals surface area contributed by atoms with Crippen LogP contribution in [0, 0.1) is 0 Å². The van der Waals surface area contributed by atoms with Gasteiger partial charge in [-0.1, -0.05) is 0 Å². The van der Waals surface area contributed by atoms with Crippen LogP contribution in [0.5, 0.6) is 0 Å². The molecule has 6 heterocycles. The summed E-state index contributed by atoms with van der Waals surface area (Å²) in [5.74, 6) is 0. The minimum absolute atomic E-state index is 0.667. The van der Waals surface area contributed by atoms with Gasteiger partial charge >= 0.3 is 0 Å². The Balaban J connectivity index is 0.000000225. The molecule has 0 aromatic heterocycles. The molecule has 24 N–H and O–H groups in total. The van der Waals surface area contributed by atoms with Crippen LogP contribution in [0.3, 0.4) is 0 Å².